The summed E-state index contributed by atoms with van der Waals surface area (Å²) in [5.74, 6) is -0.385. The Bertz CT molecular complexity index is 645. The van der Waals surface area contributed by atoms with E-state index in [0.29, 0.717) is 17.1 Å². The molecule has 0 radical (unpaired) electrons. The number of nitrogens with two attached hydrogens (primary N) is 1. The summed E-state index contributed by atoms with van der Waals surface area (Å²) in [6.45, 7) is 3.63. The van der Waals surface area contributed by atoms with Gasteiger partial charge in [0.05, 0.1) is 5.69 Å². The number of thiazole rings is 1. The van der Waals surface area contributed by atoms with E-state index < -0.39 is 0 Å². The Kier molecular flexibility index (Phi) is 6.93. The van der Waals surface area contributed by atoms with Gasteiger partial charge in [0.1, 0.15) is 5.82 Å². The summed E-state index contributed by atoms with van der Waals surface area (Å²) >= 11 is 1.37. The number of hydrogen-bond acceptors (Lipinski definition) is 4. The Balaban J connectivity index is 0.00000242. The zero-order valence-corrected chi connectivity index (χ0v) is 14.1. The summed E-state index contributed by atoms with van der Waals surface area (Å²) < 4.78 is 13.7. The third-order valence-corrected chi connectivity index (χ3v) is 4.03. The maximum absolute atomic E-state index is 13.7. The summed E-state index contributed by atoms with van der Waals surface area (Å²) in [4.78, 5) is 16.9. The van der Waals surface area contributed by atoms with Crippen molar-refractivity contribution in [1.29, 1.82) is 0 Å². The van der Waals surface area contributed by atoms with Crippen molar-refractivity contribution in [2.24, 2.45) is 5.73 Å². The lowest BCUT2D eigenvalue weighted by molar-refractivity contribution is -0.116. The van der Waals surface area contributed by atoms with E-state index in [4.69, 9.17) is 5.73 Å². The number of benzene rings is 1. The Labute approximate surface area is 139 Å². The first kappa shape index (κ1) is 18.5. The normalized spacial score (nSPS) is 11.6. The van der Waals surface area contributed by atoms with E-state index in [1.54, 1.807) is 25.1 Å². The van der Waals surface area contributed by atoms with Gasteiger partial charge in [0, 0.05) is 23.8 Å². The fourth-order valence-electron chi connectivity index (χ4n) is 1.92. The van der Waals surface area contributed by atoms with Gasteiger partial charge in [0.25, 0.3) is 0 Å². The minimum Gasteiger partial charge on any atom is -0.327 e. The SMILES string of the molecule is Cc1nc(NC(=O)CC(C)N)sc1Cc1ccccc1F.Cl. The summed E-state index contributed by atoms with van der Waals surface area (Å²) in [7, 11) is 0. The van der Waals surface area contributed by atoms with Crippen LogP contribution in [0.15, 0.2) is 24.3 Å². The van der Waals surface area contributed by atoms with Crippen LogP contribution in [0.3, 0.4) is 0 Å². The minimum atomic E-state index is -0.229. The lowest BCUT2D eigenvalue weighted by atomic mass is 10.1. The van der Waals surface area contributed by atoms with E-state index >= 15 is 0 Å². The third kappa shape index (κ3) is 5.05. The van der Waals surface area contributed by atoms with Crippen LogP contribution in [0.25, 0.3) is 0 Å². The molecule has 0 saturated heterocycles. The molecule has 0 aliphatic carbocycles. The maximum Gasteiger partial charge on any atom is 0.227 e. The molecule has 0 fully saturated rings. The number of rotatable bonds is 5. The average Bonchev–Trinajstić information content (AvgIpc) is 2.71. The molecule has 1 aromatic heterocycles. The molecule has 1 amide bonds. The lowest BCUT2D eigenvalue weighted by Crippen LogP contribution is -2.23. The fraction of sp³-hybridized carbons (Fsp3) is 0.333. The predicted molar refractivity (Wildman–Crippen MR) is 90.2 cm³/mol. The molecule has 0 spiro atoms. The van der Waals surface area contributed by atoms with Crippen molar-refractivity contribution in [2.45, 2.75) is 32.7 Å². The number of halogens is 2. The molecular formula is C15H19ClFN3OS. The zero-order chi connectivity index (χ0) is 15.4. The Hall–Kier alpha value is -1.50. The zero-order valence-electron chi connectivity index (χ0n) is 12.4. The van der Waals surface area contributed by atoms with Crippen molar-refractivity contribution in [1.82, 2.24) is 4.98 Å². The Morgan fingerprint density at radius 3 is 2.77 bits per heavy atom. The molecule has 2 aromatic rings. The molecule has 22 heavy (non-hydrogen) atoms. The highest BCUT2D eigenvalue weighted by molar-refractivity contribution is 7.15. The van der Waals surface area contributed by atoms with Gasteiger partial charge in [-0.15, -0.1) is 23.7 Å². The van der Waals surface area contributed by atoms with E-state index in [9.17, 15) is 9.18 Å². The van der Waals surface area contributed by atoms with Gasteiger partial charge in [-0.2, -0.15) is 0 Å². The van der Waals surface area contributed by atoms with Gasteiger partial charge in [-0.1, -0.05) is 18.2 Å². The van der Waals surface area contributed by atoms with E-state index in [-0.39, 0.29) is 36.6 Å². The van der Waals surface area contributed by atoms with Crippen LogP contribution in [0.1, 0.15) is 29.5 Å². The van der Waals surface area contributed by atoms with Gasteiger partial charge >= 0.3 is 0 Å². The van der Waals surface area contributed by atoms with Crippen molar-refractivity contribution in [3.05, 3.63) is 46.2 Å². The first-order valence-corrected chi connectivity index (χ1v) is 7.52. The monoisotopic (exact) mass is 343 g/mol. The molecule has 0 bridgehead atoms. The fourth-order valence-corrected chi connectivity index (χ4v) is 2.92. The molecule has 120 valence electrons. The molecule has 3 N–H and O–H groups in total. The number of anilines is 1. The van der Waals surface area contributed by atoms with Gasteiger partial charge in [-0.25, -0.2) is 9.37 Å². The van der Waals surface area contributed by atoms with Gasteiger partial charge in [-0.3, -0.25) is 4.79 Å². The average molecular weight is 344 g/mol. The van der Waals surface area contributed by atoms with Gasteiger partial charge in [-0.05, 0) is 25.5 Å². The number of aryl methyl sites for hydroxylation is 1. The van der Waals surface area contributed by atoms with Crippen LogP contribution in [-0.2, 0) is 11.2 Å². The van der Waals surface area contributed by atoms with Gasteiger partial charge < -0.3 is 11.1 Å². The Morgan fingerprint density at radius 1 is 1.45 bits per heavy atom. The number of carbonyl (C=O) groups excluding carboxylic acids is 1. The largest absolute Gasteiger partial charge is 0.327 e. The Morgan fingerprint density at radius 2 is 2.14 bits per heavy atom. The number of carbonyl (C=O) groups is 1. The summed E-state index contributed by atoms with van der Waals surface area (Å²) in [5.41, 5.74) is 7.01. The summed E-state index contributed by atoms with van der Waals surface area (Å²) in [5, 5.41) is 3.26. The number of hydrogen-bond donors (Lipinski definition) is 2. The molecule has 1 unspecified atom stereocenters. The van der Waals surface area contributed by atoms with Gasteiger partial charge in [0.15, 0.2) is 5.13 Å². The molecule has 1 heterocycles. The van der Waals surface area contributed by atoms with Crippen molar-refractivity contribution in [3.8, 4) is 0 Å². The second-order valence-corrected chi connectivity index (χ2v) is 6.11. The van der Waals surface area contributed by atoms with Crippen LogP contribution in [0, 0.1) is 12.7 Å². The van der Waals surface area contributed by atoms with Crippen molar-refractivity contribution >= 4 is 34.8 Å². The minimum absolute atomic E-state index is 0. The number of nitrogens with one attached hydrogen (secondary N) is 1. The van der Waals surface area contributed by atoms with Crippen LogP contribution < -0.4 is 11.1 Å². The van der Waals surface area contributed by atoms with Crippen LogP contribution in [-0.4, -0.2) is 16.9 Å². The van der Waals surface area contributed by atoms with Gasteiger partial charge in [0.2, 0.25) is 5.91 Å². The maximum atomic E-state index is 13.7. The van der Waals surface area contributed by atoms with Crippen LogP contribution >= 0.6 is 23.7 Å². The third-order valence-electron chi connectivity index (χ3n) is 2.96. The number of amides is 1. The second-order valence-electron chi connectivity index (χ2n) is 5.03. The molecule has 7 heteroatoms. The highest BCUT2D eigenvalue weighted by atomic mass is 35.5. The highest BCUT2D eigenvalue weighted by Gasteiger charge is 2.13. The first-order valence-electron chi connectivity index (χ1n) is 6.71. The van der Waals surface area contributed by atoms with Crippen LogP contribution in [0.4, 0.5) is 9.52 Å². The second kappa shape index (κ2) is 8.22. The molecule has 4 nitrogen and oxygen atoms in total. The molecular weight excluding hydrogens is 325 g/mol. The van der Waals surface area contributed by atoms with Crippen molar-refractivity contribution < 1.29 is 9.18 Å². The molecule has 2 rings (SSSR count). The van der Waals surface area contributed by atoms with E-state index in [1.165, 1.54) is 17.4 Å². The van der Waals surface area contributed by atoms with Crippen LogP contribution in [0.2, 0.25) is 0 Å². The molecule has 0 aliphatic rings. The number of aromatic nitrogens is 1. The molecule has 1 aromatic carbocycles. The summed E-state index contributed by atoms with van der Waals surface area (Å²) in [6, 6.07) is 6.47. The van der Waals surface area contributed by atoms with E-state index in [2.05, 4.69) is 10.3 Å². The predicted octanol–water partition coefficient (Wildman–Crippen LogP) is 3.28. The summed E-state index contributed by atoms with van der Waals surface area (Å²) in [6.07, 6.45) is 0.723. The van der Waals surface area contributed by atoms with Crippen molar-refractivity contribution in [3.63, 3.8) is 0 Å². The topological polar surface area (TPSA) is 68.0 Å². The molecule has 1 atom stereocenters. The highest BCUT2D eigenvalue weighted by Crippen LogP contribution is 2.26. The quantitative estimate of drug-likeness (QED) is 0.875. The van der Waals surface area contributed by atoms with Crippen molar-refractivity contribution in [2.75, 3.05) is 5.32 Å². The molecule has 0 saturated carbocycles. The lowest BCUT2D eigenvalue weighted by Gasteiger charge is -2.03. The molecule has 0 aliphatic heterocycles. The first-order chi connectivity index (χ1) is 9.95. The van der Waals surface area contributed by atoms with E-state index in [1.807, 2.05) is 6.92 Å². The smallest absolute Gasteiger partial charge is 0.227 e. The van der Waals surface area contributed by atoms with E-state index in [0.717, 1.165) is 10.6 Å². The number of nitrogens with zero attached hydrogens (tertiary/aromatic N) is 1. The van der Waals surface area contributed by atoms with Crippen LogP contribution in [0.5, 0.6) is 0 Å². The standard InChI is InChI=1S/C15H18FN3OS.ClH/c1-9(17)7-14(20)19-15-18-10(2)13(21-15)8-11-5-3-4-6-12(11)16;/h3-6,9H,7-8,17H2,1-2H3,(H,18,19,20);1H.